The number of nitrogens with one attached hydrogen (secondary N) is 1. The molecule has 0 aliphatic heterocycles. The molecule has 0 amide bonds. The van der Waals surface area contributed by atoms with Crippen LogP contribution in [-0.4, -0.2) is 18.6 Å². The van der Waals surface area contributed by atoms with Crippen LogP contribution in [0.5, 0.6) is 0 Å². The van der Waals surface area contributed by atoms with E-state index in [0.717, 1.165) is 17.8 Å². The zero-order valence-corrected chi connectivity index (χ0v) is 12.3. The van der Waals surface area contributed by atoms with Crippen molar-refractivity contribution in [2.45, 2.75) is 26.0 Å². The molecule has 2 rings (SSSR count). The fourth-order valence-electron chi connectivity index (χ4n) is 2.39. The number of aromatic nitrogens is 1. The number of aryl methyl sites for hydroxylation is 1. The minimum atomic E-state index is -0.0272. The first-order valence-electron chi connectivity index (χ1n) is 7.00. The number of hydrogen-bond donors (Lipinski definition) is 1. The third-order valence-electron chi connectivity index (χ3n) is 3.40. The Bertz CT molecular complexity index is 510. The highest BCUT2D eigenvalue weighted by atomic mass is 16.5. The molecule has 0 aliphatic carbocycles. The van der Waals surface area contributed by atoms with Crippen LogP contribution < -0.4 is 5.32 Å². The summed E-state index contributed by atoms with van der Waals surface area (Å²) >= 11 is 0. The van der Waals surface area contributed by atoms with E-state index >= 15 is 0 Å². The van der Waals surface area contributed by atoms with Crippen molar-refractivity contribution in [1.82, 2.24) is 10.3 Å². The number of ether oxygens (including phenoxy) is 1. The van der Waals surface area contributed by atoms with E-state index in [1.165, 1.54) is 5.56 Å². The second-order valence-corrected chi connectivity index (χ2v) is 4.84. The summed E-state index contributed by atoms with van der Waals surface area (Å²) in [6.45, 7) is 4.98. The van der Waals surface area contributed by atoms with Crippen molar-refractivity contribution in [3.63, 3.8) is 0 Å². The van der Waals surface area contributed by atoms with Gasteiger partial charge in [0.15, 0.2) is 0 Å². The Balaban J connectivity index is 2.33. The SMILES string of the molecule is CCNC(c1ccc(C)nc1)C(OC)c1ccccc1. The first kappa shape index (κ1) is 14.7. The van der Waals surface area contributed by atoms with Gasteiger partial charge < -0.3 is 10.1 Å². The molecular formula is C17H22N2O. The zero-order valence-electron chi connectivity index (χ0n) is 12.3. The van der Waals surface area contributed by atoms with Crippen LogP contribution in [0.3, 0.4) is 0 Å². The van der Waals surface area contributed by atoms with E-state index in [1.54, 1.807) is 7.11 Å². The standard InChI is InChI=1S/C17H22N2O/c1-4-18-16(15-11-10-13(2)19-12-15)17(20-3)14-8-6-5-7-9-14/h5-12,16-18H,4H2,1-3H3. The van der Waals surface area contributed by atoms with E-state index in [9.17, 15) is 0 Å². The van der Waals surface area contributed by atoms with Crippen LogP contribution in [0.1, 0.15) is 35.9 Å². The van der Waals surface area contributed by atoms with E-state index in [4.69, 9.17) is 4.74 Å². The number of pyridine rings is 1. The van der Waals surface area contributed by atoms with Gasteiger partial charge in [0.1, 0.15) is 6.10 Å². The van der Waals surface area contributed by atoms with Crippen molar-refractivity contribution in [2.24, 2.45) is 0 Å². The van der Waals surface area contributed by atoms with Gasteiger partial charge in [-0.05, 0) is 30.7 Å². The third kappa shape index (κ3) is 3.44. The van der Waals surface area contributed by atoms with Gasteiger partial charge in [0, 0.05) is 19.0 Å². The van der Waals surface area contributed by atoms with Crippen LogP contribution in [0, 0.1) is 6.92 Å². The molecule has 2 aromatic rings. The predicted molar refractivity (Wildman–Crippen MR) is 81.6 cm³/mol. The summed E-state index contributed by atoms with van der Waals surface area (Å²) in [7, 11) is 1.75. The summed E-state index contributed by atoms with van der Waals surface area (Å²) in [5, 5.41) is 3.50. The molecule has 106 valence electrons. The second kappa shape index (κ2) is 7.17. The molecule has 1 aromatic carbocycles. The number of benzene rings is 1. The topological polar surface area (TPSA) is 34.2 Å². The Morgan fingerprint density at radius 1 is 1.10 bits per heavy atom. The lowest BCUT2D eigenvalue weighted by Crippen LogP contribution is -2.28. The lowest BCUT2D eigenvalue weighted by molar-refractivity contribution is 0.0680. The highest BCUT2D eigenvalue weighted by molar-refractivity contribution is 5.25. The number of rotatable bonds is 6. The van der Waals surface area contributed by atoms with E-state index in [1.807, 2.05) is 37.4 Å². The molecule has 0 fully saturated rings. The minimum Gasteiger partial charge on any atom is -0.375 e. The summed E-state index contributed by atoms with van der Waals surface area (Å²) < 4.78 is 5.75. The van der Waals surface area contributed by atoms with Crippen LogP contribution in [0.15, 0.2) is 48.7 Å². The van der Waals surface area contributed by atoms with Crippen molar-refractivity contribution >= 4 is 0 Å². The fourth-order valence-corrected chi connectivity index (χ4v) is 2.39. The van der Waals surface area contributed by atoms with Crippen LogP contribution in [0.4, 0.5) is 0 Å². The summed E-state index contributed by atoms with van der Waals surface area (Å²) in [5.74, 6) is 0. The Kier molecular flexibility index (Phi) is 5.27. The maximum atomic E-state index is 5.75. The van der Waals surface area contributed by atoms with E-state index in [0.29, 0.717) is 0 Å². The van der Waals surface area contributed by atoms with Gasteiger partial charge in [0.05, 0.1) is 6.04 Å². The molecule has 1 aromatic heterocycles. The molecule has 0 radical (unpaired) electrons. The maximum Gasteiger partial charge on any atom is 0.102 e. The average molecular weight is 270 g/mol. The van der Waals surface area contributed by atoms with Gasteiger partial charge >= 0.3 is 0 Å². The molecule has 0 spiro atoms. The molecule has 1 heterocycles. The highest BCUT2D eigenvalue weighted by Crippen LogP contribution is 2.31. The Labute approximate surface area is 121 Å². The van der Waals surface area contributed by atoms with Crippen LogP contribution in [-0.2, 0) is 4.74 Å². The van der Waals surface area contributed by atoms with Gasteiger partial charge in [-0.3, -0.25) is 4.98 Å². The molecule has 0 saturated heterocycles. The Morgan fingerprint density at radius 3 is 2.40 bits per heavy atom. The number of nitrogens with zero attached hydrogens (tertiary/aromatic N) is 1. The maximum absolute atomic E-state index is 5.75. The normalized spacial score (nSPS) is 13.9. The molecule has 0 aliphatic rings. The highest BCUT2D eigenvalue weighted by Gasteiger charge is 2.24. The van der Waals surface area contributed by atoms with Crippen molar-refractivity contribution in [3.8, 4) is 0 Å². The largest absolute Gasteiger partial charge is 0.375 e. The Hall–Kier alpha value is -1.71. The monoisotopic (exact) mass is 270 g/mol. The smallest absolute Gasteiger partial charge is 0.102 e. The number of likely N-dealkylation sites (N-methyl/N-ethyl adjacent to an activating group) is 1. The molecule has 3 nitrogen and oxygen atoms in total. The second-order valence-electron chi connectivity index (χ2n) is 4.84. The quantitative estimate of drug-likeness (QED) is 0.873. The van der Waals surface area contributed by atoms with Gasteiger partial charge in [-0.2, -0.15) is 0 Å². The van der Waals surface area contributed by atoms with Gasteiger partial charge in [-0.15, -0.1) is 0 Å². The number of hydrogen-bond acceptors (Lipinski definition) is 3. The minimum absolute atomic E-state index is 0.0272. The molecule has 2 atom stereocenters. The molecule has 1 N–H and O–H groups in total. The van der Waals surface area contributed by atoms with Crippen molar-refractivity contribution in [3.05, 3.63) is 65.5 Å². The van der Waals surface area contributed by atoms with E-state index in [-0.39, 0.29) is 12.1 Å². The van der Waals surface area contributed by atoms with E-state index in [2.05, 4.69) is 35.4 Å². The molecule has 2 unspecified atom stereocenters. The van der Waals surface area contributed by atoms with Gasteiger partial charge in [0.25, 0.3) is 0 Å². The first-order chi connectivity index (χ1) is 9.76. The molecule has 0 saturated carbocycles. The van der Waals surface area contributed by atoms with Crippen LogP contribution >= 0.6 is 0 Å². The van der Waals surface area contributed by atoms with Gasteiger partial charge in [-0.25, -0.2) is 0 Å². The fraction of sp³-hybridized carbons (Fsp3) is 0.353. The first-order valence-corrected chi connectivity index (χ1v) is 7.00. The lowest BCUT2D eigenvalue weighted by Gasteiger charge is -2.27. The average Bonchev–Trinajstić information content (AvgIpc) is 2.49. The summed E-state index contributed by atoms with van der Waals surface area (Å²) in [6.07, 6.45) is 1.90. The van der Waals surface area contributed by atoms with E-state index < -0.39 is 0 Å². The molecular weight excluding hydrogens is 248 g/mol. The molecule has 0 bridgehead atoms. The molecule has 3 heteroatoms. The lowest BCUT2D eigenvalue weighted by atomic mass is 9.96. The van der Waals surface area contributed by atoms with Crippen molar-refractivity contribution in [2.75, 3.05) is 13.7 Å². The molecule has 20 heavy (non-hydrogen) atoms. The third-order valence-corrected chi connectivity index (χ3v) is 3.40. The zero-order chi connectivity index (χ0) is 14.4. The van der Waals surface area contributed by atoms with Crippen LogP contribution in [0.25, 0.3) is 0 Å². The number of methoxy groups -OCH3 is 1. The van der Waals surface area contributed by atoms with Crippen LogP contribution in [0.2, 0.25) is 0 Å². The van der Waals surface area contributed by atoms with Crippen molar-refractivity contribution < 1.29 is 4.74 Å². The van der Waals surface area contributed by atoms with Crippen molar-refractivity contribution in [1.29, 1.82) is 0 Å². The Morgan fingerprint density at radius 2 is 1.85 bits per heavy atom. The van der Waals surface area contributed by atoms with Gasteiger partial charge in [-0.1, -0.05) is 43.3 Å². The predicted octanol–water partition coefficient (Wildman–Crippen LogP) is 3.43. The summed E-state index contributed by atoms with van der Waals surface area (Å²) in [4.78, 5) is 4.40. The summed E-state index contributed by atoms with van der Waals surface area (Å²) in [6, 6.07) is 14.5. The van der Waals surface area contributed by atoms with Gasteiger partial charge in [0.2, 0.25) is 0 Å². The summed E-state index contributed by atoms with van der Waals surface area (Å²) in [5.41, 5.74) is 3.34.